The molecule has 108 valence electrons. The number of thiocarbonyl (C=S) groups is 1. The number of hydrogen-bond donors (Lipinski definition) is 2. The predicted octanol–water partition coefficient (Wildman–Crippen LogP) is 3.86. The highest BCUT2D eigenvalue weighted by molar-refractivity contribution is 9.10. The average Bonchev–Trinajstić information content (AvgIpc) is 2.48. The van der Waals surface area contributed by atoms with Gasteiger partial charge in [-0.1, -0.05) is 18.2 Å². The Labute approximate surface area is 137 Å². The second-order valence-corrected chi connectivity index (χ2v) is 5.73. The second kappa shape index (κ2) is 7.28. The molecule has 0 radical (unpaired) electrons. The molecule has 0 atom stereocenters. The number of aryl methyl sites for hydroxylation is 1. The molecule has 1 aromatic heterocycles. The maximum absolute atomic E-state index is 5.21. The van der Waals surface area contributed by atoms with Gasteiger partial charge in [0.1, 0.15) is 0 Å². The number of nitrogens with zero attached hydrogens (tertiary/aromatic N) is 2. The summed E-state index contributed by atoms with van der Waals surface area (Å²) in [7, 11) is 0. The summed E-state index contributed by atoms with van der Waals surface area (Å²) in [6.45, 7) is 3.88. The summed E-state index contributed by atoms with van der Waals surface area (Å²) < 4.78 is 0.940. The van der Waals surface area contributed by atoms with Crippen molar-refractivity contribution in [2.45, 2.75) is 13.8 Å². The van der Waals surface area contributed by atoms with Crippen LogP contribution in [0, 0.1) is 6.92 Å². The van der Waals surface area contributed by atoms with Gasteiger partial charge in [0.2, 0.25) is 0 Å². The van der Waals surface area contributed by atoms with E-state index >= 15 is 0 Å². The van der Waals surface area contributed by atoms with Crippen LogP contribution in [0.1, 0.15) is 18.2 Å². The first-order valence-corrected chi connectivity index (χ1v) is 7.55. The van der Waals surface area contributed by atoms with Gasteiger partial charge < -0.3 is 5.32 Å². The molecule has 0 bridgehead atoms. The molecule has 0 aliphatic carbocycles. The Morgan fingerprint density at radius 3 is 2.67 bits per heavy atom. The zero-order valence-electron chi connectivity index (χ0n) is 11.7. The number of nitrogens with one attached hydrogen (secondary N) is 2. The summed E-state index contributed by atoms with van der Waals surface area (Å²) in [5.41, 5.74) is 6.41. The smallest absolute Gasteiger partial charge is 0.191 e. The van der Waals surface area contributed by atoms with Crippen molar-refractivity contribution in [1.82, 2.24) is 10.4 Å². The molecule has 0 spiro atoms. The fourth-order valence-corrected chi connectivity index (χ4v) is 2.13. The molecule has 0 aliphatic heterocycles. The van der Waals surface area contributed by atoms with Crippen molar-refractivity contribution in [1.29, 1.82) is 0 Å². The molecule has 6 heteroatoms. The maximum atomic E-state index is 5.21. The molecule has 0 saturated heterocycles. The zero-order chi connectivity index (χ0) is 15.2. The number of rotatable bonds is 3. The lowest BCUT2D eigenvalue weighted by Crippen LogP contribution is -2.25. The number of halogens is 1. The average molecular weight is 363 g/mol. The predicted molar refractivity (Wildman–Crippen MR) is 94.7 cm³/mol. The SMILES string of the molecule is C/C(=N\NC(=S)Nc1ccccc1Br)c1ccc(C)cn1. The normalized spacial score (nSPS) is 11.1. The van der Waals surface area contributed by atoms with Crippen LogP contribution >= 0.6 is 28.1 Å². The number of hydrogen-bond acceptors (Lipinski definition) is 3. The molecule has 2 rings (SSSR count). The number of hydrazone groups is 1. The van der Waals surface area contributed by atoms with Gasteiger partial charge in [0.15, 0.2) is 5.11 Å². The van der Waals surface area contributed by atoms with Gasteiger partial charge in [-0.2, -0.15) is 5.10 Å². The van der Waals surface area contributed by atoms with E-state index in [9.17, 15) is 0 Å². The van der Waals surface area contributed by atoms with Crippen LogP contribution in [0.15, 0.2) is 52.2 Å². The summed E-state index contributed by atoms with van der Waals surface area (Å²) in [4.78, 5) is 4.31. The van der Waals surface area contributed by atoms with Gasteiger partial charge in [-0.25, -0.2) is 0 Å². The van der Waals surface area contributed by atoms with Gasteiger partial charge in [-0.05, 0) is 65.8 Å². The van der Waals surface area contributed by atoms with Crippen molar-refractivity contribution in [3.63, 3.8) is 0 Å². The van der Waals surface area contributed by atoms with E-state index in [0.717, 1.165) is 27.1 Å². The van der Waals surface area contributed by atoms with Gasteiger partial charge >= 0.3 is 0 Å². The van der Waals surface area contributed by atoms with Crippen LogP contribution < -0.4 is 10.7 Å². The third-order valence-electron chi connectivity index (χ3n) is 2.73. The van der Waals surface area contributed by atoms with Gasteiger partial charge in [0.25, 0.3) is 0 Å². The van der Waals surface area contributed by atoms with Gasteiger partial charge in [-0.3, -0.25) is 10.4 Å². The third kappa shape index (κ3) is 4.61. The van der Waals surface area contributed by atoms with Crippen LogP contribution in [0.2, 0.25) is 0 Å². The zero-order valence-corrected chi connectivity index (χ0v) is 14.1. The van der Waals surface area contributed by atoms with E-state index in [0.29, 0.717) is 5.11 Å². The summed E-state index contributed by atoms with van der Waals surface area (Å²) >= 11 is 8.67. The van der Waals surface area contributed by atoms with Crippen molar-refractivity contribution in [2.75, 3.05) is 5.32 Å². The van der Waals surface area contributed by atoms with Gasteiger partial charge in [-0.15, -0.1) is 0 Å². The van der Waals surface area contributed by atoms with E-state index in [1.54, 1.807) is 0 Å². The highest BCUT2D eigenvalue weighted by Gasteiger charge is 2.02. The Balaban J connectivity index is 1.98. The van der Waals surface area contributed by atoms with E-state index in [-0.39, 0.29) is 0 Å². The Morgan fingerprint density at radius 2 is 2.00 bits per heavy atom. The molecule has 2 aromatic rings. The van der Waals surface area contributed by atoms with Gasteiger partial charge in [0.05, 0.1) is 17.1 Å². The van der Waals surface area contributed by atoms with Gasteiger partial charge in [0, 0.05) is 10.7 Å². The largest absolute Gasteiger partial charge is 0.330 e. The molecule has 0 amide bonds. The summed E-state index contributed by atoms with van der Waals surface area (Å²) in [5.74, 6) is 0. The van der Waals surface area contributed by atoms with Crippen LogP contribution in [0.4, 0.5) is 5.69 Å². The number of benzene rings is 1. The van der Waals surface area contributed by atoms with E-state index in [1.807, 2.05) is 56.4 Å². The fraction of sp³-hybridized carbons (Fsp3) is 0.133. The molecule has 21 heavy (non-hydrogen) atoms. The van der Waals surface area contributed by atoms with Crippen molar-refractivity contribution >= 4 is 44.7 Å². The first-order valence-electron chi connectivity index (χ1n) is 6.35. The molecule has 4 nitrogen and oxygen atoms in total. The summed E-state index contributed by atoms with van der Waals surface area (Å²) in [6, 6.07) is 11.7. The topological polar surface area (TPSA) is 49.3 Å². The second-order valence-electron chi connectivity index (χ2n) is 4.46. The van der Waals surface area contributed by atoms with E-state index in [1.165, 1.54) is 0 Å². The highest BCUT2D eigenvalue weighted by atomic mass is 79.9. The van der Waals surface area contributed by atoms with Crippen molar-refractivity contribution in [3.8, 4) is 0 Å². The van der Waals surface area contributed by atoms with E-state index < -0.39 is 0 Å². The lowest BCUT2D eigenvalue weighted by molar-refractivity contribution is 1.03. The van der Waals surface area contributed by atoms with Crippen LogP contribution in [0.3, 0.4) is 0 Å². The molecule has 1 heterocycles. The van der Waals surface area contributed by atoms with E-state index in [4.69, 9.17) is 12.2 Å². The number of pyridine rings is 1. The molecule has 0 saturated carbocycles. The molecule has 2 N–H and O–H groups in total. The van der Waals surface area contributed by atoms with Crippen LogP contribution in [0.5, 0.6) is 0 Å². The molecule has 0 aliphatic rings. The van der Waals surface area contributed by atoms with E-state index in [2.05, 4.69) is 36.8 Å². The number of anilines is 1. The first kappa shape index (κ1) is 15.6. The first-order chi connectivity index (χ1) is 10.1. The van der Waals surface area contributed by atoms with Crippen LogP contribution in [-0.4, -0.2) is 15.8 Å². The standard InChI is InChI=1S/C15H15BrN4S/c1-10-7-8-13(17-9-10)11(2)19-20-15(21)18-14-6-4-3-5-12(14)16/h3-9H,1-2H3,(H2,18,20,21)/b19-11+. The van der Waals surface area contributed by atoms with Crippen LogP contribution in [-0.2, 0) is 0 Å². The Morgan fingerprint density at radius 1 is 1.24 bits per heavy atom. The molecule has 1 aromatic carbocycles. The lowest BCUT2D eigenvalue weighted by Gasteiger charge is -2.09. The highest BCUT2D eigenvalue weighted by Crippen LogP contribution is 2.20. The lowest BCUT2D eigenvalue weighted by atomic mass is 10.2. The fourth-order valence-electron chi connectivity index (χ4n) is 1.59. The van der Waals surface area contributed by atoms with Crippen molar-refractivity contribution < 1.29 is 0 Å². The minimum atomic E-state index is 0.424. The minimum absolute atomic E-state index is 0.424. The Bertz CT molecular complexity index is 668. The quantitative estimate of drug-likeness (QED) is 0.494. The third-order valence-corrected chi connectivity index (χ3v) is 3.61. The van der Waals surface area contributed by atoms with Crippen LogP contribution in [0.25, 0.3) is 0 Å². The minimum Gasteiger partial charge on any atom is -0.330 e. The monoisotopic (exact) mass is 362 g/mol. The molecule has 0 unspecified atom stereocenters. The molecule has 0 fully saturated rings. The number of para-hydroxylation sites is 1. The summed E-state index contributed by atoms with van der Waals surface area (Å²) in [6.07, 6.45) is 1.81. The Hall–Kier alpha value is -1.79. The maximum Gasteiger partial charge on any atom is 0.191 e. The number of aromatic nitrogens is 1. The van der Waals surface area contributed by atoms with Crippen molar-refractivity contribution in [2.24, 2.45) is 5.10 Å². The molecular formula is C15H15BrN4S. The molecular weight excluding hydrogens is 348 g/mol. The van der Waals surface area contributed by atoms with Crippen molar-refractivity contribution in [3.05, 3.63) is 58.3 Å². The Kier molecular flexibility index (Phi) is 5.41. The summed E-state index contributed by atoms with van der Waals surface area (Å²) in [5, 5.41) is 7.73.